The SMILES string of the molecule is CC(CCC[C@@H](C)[C@H]1CC[C@H]2C3=CC(=O)[C@H]4C[C@H](O)CC[C@]4(C)[C@H]3CC[C@]12C)COS(=O)(=O)O. The van der Waals surface area contributed by atoms with E-state index in [2.05, 4.69) is 25.0 Å². The van der Waals surface area contributed by atoms with Gasteiger partial charge in [-0.15, -0.1) is 0 Å². The standard InChI is InChI=1S/C27H44O6S/c1-17(16-33-34(30,31)32)6-5-7-18(2)21-8-9-22-20-15-25(29)24-14-19(28)10-12-27(24,4)23(20)11-13-26(21,22)3/h15,17-19,21-24,28H,5-14,16H2,1-4H3,(H,30,31,32)/t17?,18-,19-,21-,22+,23+,24-,26-,27-/m1/s1. The molecule has 3 fully saturated rings. The second kappa shape index (κ2) is 9.60. The second-order valence-electron chi connectivity index (χ2n) is 12.6. The Morgan fingerprint density at radius 2 is 1.71 bits per heavy atom. The molecule has 0 heterocycles. The van der Waals surface area contributed by atoms with Crippen molar-refractivity contribution in [2.75, 3.05) is 6.61 Å². The third-order valence-electron chi connectivity index (χ3n) is 10.5. The summed E-state index contributed by atoms with van der Waals surface area (Å²) in [6.45, 7) is 9.13. The zero-order valence-corrected chi connectivity index (χ0v) is 22.1. The number of carbonyl (C=O) groups excluding carboxylic acids is 1. The van der Waals surface area contributed by atoms with Gasteiger partial charge in [0, 0.05) is 5.92 Å². The van der Waals surface area contributed by atoms with Crippen LogP contribution in [0.1, 0.15) is 91.9 Å². The first-order chi connectivity index (χ1) is 15.8. The quantitative estimate of drug-likeness (QED) is 0.438. The molecule has 0 aromatic rings. The molecule has 3 saturated carbocycles. The largest absolute Gasteiger partial charge is 0.397 e. The van der Waals surface area contributed by atoms with E-state index < -0.39 is 10.4 Å². The highest BCUT2D eigenvalue weighted by molar-refractivity contribution is 7.80. The predicted octanol–water partition coefficient (Wildman–Crippen LogP) is 5.37. The first-order valence-electron chi connectivity index (χ1n) is 13.4. The van der Waals surface area contributed by atoms with Gasteiger partial charge in [0.1, 0.15) is 0 Å². The van der Waals surface area contributed by atoms with Crippen LogP contribution in [0, 0.1) is 46.3 Å². The van der Waals surface area contributed by atoms with Crippen LogP contribution in [-0.4, -0.2) is 36.6 Å². The van der Waals surface area contributed by atoms with E-state index in [1.807, 2.05) is 13.0 Å². The molecule has 6 nitrogen and oxygen atoms in total. The zero-order valence-electron chi connectivity index (χ0n) is 21.3. The maximum Gasteiger partial charge on any atom is 0.397 e. The van der Waals surface area contributed by atoms with Crippen molar-refractivity contribution in [3.8, 4) is 0 Å². The van der Waals surface area contributed by atoms with Gasteiger partial charge in [-0.3, -0.25) is 9.35 Å². The van der Waals surface area contributed by atoms with Gasteiger partial charge in [0.15, 0.2) is 5.78 Å². The molecule has 0 aliphatic heterocycles. The van der Waals surface area contributed by atoms with Gasteiger partial charge in [0.2, 0.25) is 0 Å². The lowest BCUT2D eigenvalue weighted by atomic mass is 9.47. The van der Waals surface area contributed by atoms with Gasteiger partial charge in [-0.25, -0.2) is 4.18 Å². The molecule has 194 valence electrons. The number of ketones is 1. The fraction of sp³-hybridized carbons (Fsp3) is 0.889. The lowest BCUT2D eigenvalue weighted by Crippen LogP contribution is -2.52. The first kappa shape index (κ1) is 26.3. The summed E-state index contributed by atoms with van der Waals surface area (Å²) in [5.74, 6) is 2.52. The van der Waals surface area contributed by atoms with Crippen molar-refractivity contribution in [3.63, 3.8) is 0 Å². The molecule has 0 radical (unpaired) electrons. The van der Waals surface area contributed by atoms with E-state index in [4.69, 9.17) is 4.55 Å². The average Bonchev–Trinajstić information content (AvgIpc) is 3.10. The second-order valence-corrected chi connectivity index (χ2v) is 13.7. The zero-order chi connectivity index (χ0) is 24.9. The highest BCUT2D eigenvalue weighted by Crippen LogP contribution is 2.66. The number of allylic oxidation sites excluding steroid dienone is 2. The Kier molecular flexibility index (Phi) is 7.43. The number of carbonyl (C=O) groups is 1. The Bertz CT molecular complexity index is 912. The van der Waals surface area contributed by atoms with Crippen molar-refractivity contribution in [1.29, 1.82) is 0 Å². The van der Waals surface area contributed by atoms with E-state index >= 15 is 0 Å². The number of aliphatic hydroxyl groups is 1. The monoisotopic (exact) mass is 496 g/mol. The highest BCUT2D eigenvalue weighted by Gasteiger charge is 2.59. The average molecular weight is 497 g/mol. The Morgan fingerprint density at radius 3 is 2.41 bits per heavy atom. The van der Waals surface area contributed by atoms with E-state index in [1.165, 1.54) is 24.8 Å². The fourth-order valence-corrected chi connectivity index (χ4v) is 9.00. The maximum atomic E-state index is 13.2. The molecule has 0 aromatic carbocycles. The molecule has 0 bridgehead atoms. The summed E-state index contributed by atoms with van der Waals surface area (Å²) in [5.41, 5.74) is 1.67. The fourth-order valence-electron chi connectivity index (χ4n) is 8.59. The molecule has 2 N–H and O–H groups in total. The molecule has 34 heavy (non-hydrogen) atoms. The van der Waals surface area contributed by atoms with E-state index in [9.17, 15) is 18.3 Å². The molecule has 4 rings (SSSR count). The van der Waals surface area contributed by atoms with Crippen LogP contribution in [0.5, 0.6) is 0 Å². The smallest absolute Gasteiger partial charge is 0.393 e. The van der Waals surface area contributed by atoms with Crippen LogP contribution in [0.25, 0.3) is 0 Å². The topological polar surface area (TPSA) is 101 Å². The van der Waals surface area contributed by atoms with E-state index in [-0.39, 0.29) is 41.2 Å². The minimum atomic E-state index is -4.37. The molecule has 0 spiro atoms. The molecule has 0 amide bonds. The number of fused-ring (bicyclic) bond motifs is 5. The Labute approximate surface area is 205 Å². The van der Waals surface area contributed by atoms with Gasteiger partial charge in [-0.05, 0) is 97.9 Å². The highest BCUT2D eigenvalue weighted by atomic mass is 32.3. The molecule has 4 aliphatic rings. The Balaban J connectivity index is 1.40. The van der Waals surface area contributed by atoms with Gasteiger partial charge in [0.05, 0.1) is 12.7 Å². The van der Waals surface area contributed by atoms with E-state index in [0.717, 1.165) is 38.5 Å². The van der Waals surface area contributed by atoms with Crippen LogP contribution >= 0.6 is 0 Å². The molecule has 4 aliphatic carbocycles. The number of hydrogen-bond acceptors (Lipinski definition) is 5. The number of hydrogen-bond donors (Lipinski definition) is 2. The summed E-state index contributed by atoms with van der Waals surface area (Å²) in [5, 5.41) is 10.2. The molecule has 0 saturated heterocycles. The predicted molar refractivity (Wildman–Crippen MR) is 131 cm³/mol. The van der Waals surface area contributed by atoms with Gasteiger partial charge in [0.25, 0.3) is 0 Å². The maximum absolute atomic E-state index is 13.2. The summed E-state index contributed by atoms with van der Waals surface area (Å²) in [4.78, 5) is 13.2. The van der Waals surface area contributed by atoms with Crippen LogP contribution in [0.15, 0.2) is 11.6 Å². The molecular weight excluding hydrogens is 452 g/mol. The first-order valence-corrected chi connectivity index (χ1v) is 14.8. The third-order valence-corrected chi connectivity index (χ3v) is 10.9. The molecule has 0 aromatic heterocycles. The van der Waals surface area contributed by atoms with Crippen LogP contribution in [-0.2, 0) is 19.4 Å². The molecule has 9 atom stereocenters. The van der Waals surface area contributed by atoms with Crippen LogP contribution in [0.2, 0.25) is 0 Å². The third kappa shape index (κ3) is 4.91. The number of aliphatic hydroxyl groups excluding tert-OH is 1. The van der Waals surface area contributed by atoms with Crippen molar-refractivity contribution in [3.05, 3.63) is 11.6 Å². The minimum absolute atomic E-state index is 0.00564. The lowest BCUT2D eigenvalue weighted by molar-refractivity contribution is -0.132. The van der Waals surface area contributed by atoms with Crippen molar-refractivity contribution in [2.24, 2.45) is 46.3 Å². The summed E-state index contributed by atoms with van der Waals surface area (Å²) in [6.07, 6.45) is 11.8. The minimum Gasteiger partial charge on any atom is -0.393 e. The molecular formula is C27H44O6S. The van der Waals surface area contributed by atoms with Crippen molar-refractivity contribution < 1.29 is 27.1 Å². The van der Waals surface area contributed by atoms with E-state index in [0.29, 0.717) is 30.1 Å². The van der Waals surface area contributed by atoms with Crippen molar-refractivity contribution in [2.45, 2.75) is 98.0 Å². The van der Waals surface area contributed by atoms with Crippen LogP contribution in [0.3, 0.4) is 0 Å². The summed E-state index contributed by atoms with van der Waals surface area (Å²) >= 11 is 0. The van der Waals surface area contributed by atoms with Gasteiger partial charge in [-0.2, -0.15) is 8.42 Å². The summed E-state index contributed by atoms with van der Waals surface area (Å²) < 4.78 is 34.9. The molecule has 1 unspecified atom stereocenters. The Hall–Kier alpha value is -0.760. The summed E-state index contributed by atoms with van der Waals surface area (Å²) in [7, 11) is -4.37. The van der Waals surface area contributed by atoms with E-state index in [1.54, 1.807) is 0 Å². The van der Waals surface area contributed by atoms with Gasteiger partial charge >= 0.3 is 10.4 Å². The van der Waals surface area contributed by atoms with Crippen LogP contribution in [0.4, 0.5) is 0 Å². The van der Waals surface area contributed by atoms with Crippen molar-refractivity contribution in [1.82, 2.24) is 0 Å². The van der Waals surface area contributed by atoms with Crippen molar-refractivity contribution >= 4 is 16.2 Å². The normalized spacial score (nSPS) is 41.8. The van der Waals surface area contributed by atoms with Gasteiger partial charge in [-0.1, -0.05) is 46.1 Å². The lowest BCUT2D eigenvalue weighted by Gasteiger charge is -2.57. The van der Waals surface area contributed by atoms with Gasteiger partial charge < -0.3 is 5.11 Å². The Morgan fingerprint density at radius 1 is 1.03 bits per heavy atom. The van der Waals surface area contributed by atoms with Crippen LogP contribution < -0.4 is 0 Å². The molecule has 7 heteroatoms. The number of rotatable bonds is 8. The summed E-state index contributed by atoms with van der Waals surface area (Å²) in [6, 6.07) is 0.